The summed E-state index contributed by atoms with van der Waals surface area (Å²) < 4.78 is 0. The summed E-state index contributed by atoms with van der Waals surface area (Å²) in [5.41, 5.74) is 18.4. The van der Waals surface area contributed by atoms with E-state index in [0.717, 1.165) is 28.2 Å². The second-order valence-corrected chi connectivity index (χ2v) is 16.9. The normalized spacial score (nSPS) is 17.2. The standard InChI is InChI=1S/C56H41N3/c1-56(2)51-33-39(35-18-23-42(24-19-35)59-43-13-4-3-10-41(31-43)44-14-7-8-17-53(44)59)21-26-47(51)48-27-22-40(34-52(48)56)37-12-9-11-36(30-37)38-20-25-46-45-15-5-6-16-49(45)54-55(50(46)32-38)58-29-28-57-54/h3-30,32-34,41,43H,31H2,1-2H3. The maximum absolute atomic E-state index is 4.82. The van der Waals surface area contributed by atoms with Crippen molar-refractivity contribution in [2.24, 2.45) is 0 Å². The van der Waals surface area contributed by atoms with Gasteiger partial charge in [0.2, 0.25) is 0 Å². The number of allylic oxidation sites excluding steroid dienone is 3. The highest BCUT2D eigenvalue weighted by atomic mass is 15.2. The van der Waals surface area contributed by atoms with Gasteiger partial charge in [0, 0.05) is 45.9 Å². The van der Waals surface area contributed by atoms with Crippen molar-refractivity contribution in [3.8, 4) is 44.5 Å². The summed E-state index contributed by atoms with van der Waals surface area (Å²) in [6.45, 7) is 4.76. The van der Waals surface area contributed by atoms with Crippen LogP contribution in [0.1, 0.15) is 42.9 Å². The van der Waals surface area contributed by atoms with E-state index in [1.807, 2.05) is 0 Å². The van der Waals surface area contributed by atoms with Gasteiger partial charge in [-0.05, 0) is 121 Å². The van der Waals surface area contributed by atoms with Gasteiger partial charge in [-0.15, -0.1) is 0 Å². The fraction of sp³-hybridized carbons (Fsp3) is 0.107. The zero-order valence-corrected chi connectivity index (χ0v) is 33.1. The van der Waals surface area contributed by atoms with Crippen molar-refractivity contribution in [1.29, 1.82) is 0 Å². The van der Waals surface area contributed by atoms with Gasteiger partial charge >= 0.3 is 0 Å². The molecule has 2 atom stereocenters. The van der Waals surface area contributed by atoms with E-state index in [-0.39, 0.29) is 5.41 Å². The first-order chi connectivity index (χ1) is 29.0. The van der Waals surface area contributed by atoms with Gasteiger partial charge in [0.05, 0.1) is 17.1 Å². The van der Waals surface area contributed by atoms with Gasteiger partial charge in [0.1, 0.15) is 0 Å². The van der Waals surface area contributed by atoms with Gasteiger partial charge < -0.3 is 4.90 Å². The Morgan fingerprint density at radius 1 is 0.492 bits per heavy atom. The van der Waals surface area contributed by atoms with Crippen LogP contribution in [-0.2, 0) is 5.41 Å². The van der Waals surface area contributed by atoms with Crippen molar-refractivity contribution in [3.05, 3.63) is 205 Å². The quantitative estimate of drug-likeness (QED) is 0.168. The van der Waals surface area contributed by atoms with Crippen molar-refractivity contribution < 1.29 is 0 Å². The maximum Gasteiger partial charge on any atom is 0.0971 e. The highest BCUT2D eigenvalue weighted by Crippen LogP contribution is 2.51. The summed E-state index contributed by atoms with van der Waals surface area (Å²) in [5.74, 6) is 0.455. The molecule has 2 aliphatic carbocycles. The zero-order valence-electron chi connectivity index (χ0n) is 33.1. The van der Waals surface area contributed by atoms with E-state index in [4.69, 9.17) is 9.97 Å². The van der Waals surface area contributed by atoms with Crippen LogP contribution >= 0.6 is 0 Å². The molecule has 3 aliphatic rings. The van der Waals surface area contributed by atoms with Crippen molar-refractivity contribution in [2.45, 2.75) is 37.6 Å². The van der Waals surface area contributed by atoms with Crippen LogP contribution < -0.4 is 4.90 Å². The third kappa shape index (κ3) is 5.27. The summed E-state index contributed by atoms with van der Waals surface area (Å²) >= 11 is 0. The Morgan fingerprint density at radius 2 is 1.07 bits per heavy atom. The van der Waals surface area contributed by atoms with Crippen LogP contribution in [0.3, 0.4) is 0 Å². The number of fused-ring (bicyclic) bond motifs is 13. The lowest BCUT2D eigenvalue weighted by Gasteiger charge is -2.40. The van der Waals surface area contributed by atoms with Crippen LogP contribution in [-0.4, -0.2) is 16.0 Å². The smallest absolute Gasteiger partial charge is 0.0971 e. The third-order valence-corrected chi connectivity index (χ3v) is 13.3. The lowest BCUT2D eigenvalue weighted by molar-refractivity contribution is 0.620. The van der Waals surface area contributed by atoms with Crippen LogP contribution in [0.5, 0.6) is 0 Å². The molecule has 12 rings (SSSR count). The highest BCUT2D eigenvalue weighted by molar-refractivity contribution is 6.23. The summed E-state index contributed by atoms with van der Waals surface area (Å²) in [5, 5.41) is 4.67. The predicted molar refractivity (Wildman–Crippen MR) is 246 cm³/mol. The Labute approximate surface area is 344 Å². The van der Waals surface area contributed by atoms with E-state index < -0.39 is 0 Å². The molecule has 9 aromatic rings. The first-order valence-electron chi connectivity index (χ1n) is 20.8. The molecule has 3 nitrogen and oxygen atoms in total. The Kier molecular flexibility index (Phi) is 7.46. The molecular formula is C56H41N3. The van der Waals surface area contributed by atoms with Gasteiger partial charge in [-0.1, -0.05) is 147 Å². The molecule has 1 aromatic heterocycles. The molecule has 0 N–H and O–H groups in total. The Bertz CT molecular complexity index is 3210. The molecule has 2 heterocycles. The molecule has 2 unspecified atom stereocenters. The van der Waals surface area contributed by atoms with Crippen LogP contribution in [0.4, 0.5) is 11.4 Å². The van der Waals surface area contributed by atoms with Gasteiger partial charge in [-0.3, -0.25) is 9.97 Å². The fourth-order valence-electron chi connectivity index (χ4n) is 10.4. The lowest BCUT2D eigenvalue weighted by Crippen LogP contribution is -2.35. The molecule has 280 valence electrons. The van der Waals surface area contributed by atoms with Crippen molar-refractivity contribution in [1.82, 2.24) is 9.97 Å². The van der Waals surface area contributed by atoms with Crippen LogP contribution in [0.25, 0.3) is 77.1 Å². The minimum Gasteiger partial charge on any atom is -0.334 e. The van der Waals surface area contributed by atoms with Gasteiger partial charge in [-0.2, -0.15) is 0 Å². The van der Waals surface area contributed by atoms with Gasteiger partial charge in [0.15, 0.2) is 0 Å². The first kappa shape index (κ1) is 34.0. The number of rotatable bonds is 4. The Morgan fingerprint density at radius 3 is 1.83 bits per heavy atom. The lowest BCUT2D eigenvalue weighted by atomic mass is 9.80. The molecule has 3 heteroatoms. The number of anilines is 2. The molecule has 8 aromatic carbocycles. The highest BCUT2D eigenvalue weighted by Gasteiger charge is 2.36. The van der Waals surface area contributed by atoms with Crippen molar-refractivity contribution >= 4 is 44.0 Å². The second kappa shape index (κ2) is 13.0. The molecule has 59 heavy (non-hydrogen) atoms. The van der Waals surface area contributed by atoms with Crippen molar-refractivity contribution in [2.75, 3.05) is 4.90 Å². The largest absolute Gasteiger partial charge is 0.334 e. The molecule has 0 spiro atoms. The van der Waals surface area contributed by atoms with Crippen molar-refractivity contribution in [3.63, 3.8) is 0 Å². The molecule has 0 fully saturated rings. The number of hydrogen-bond acceptors (Lipinski definition) is 3. The second-order valence-electron chi connectivity index (χ2n) is 16.9. The number of hydrogen-bond donors (Lipinski definition) is 0. The molecule has 0 amide bonds. The van der Waals surface area contributed by atoms with E-state index in [2.05, 4.69) is 195 Å². The monoisotopic (exact) mass is 755 g/mol. The van der Waals surface area contributed by atoms with Crippen LogP contribution in [0.2, 0.25) is 0 Å². The average Bonchev–Trinajstić information content (AvgIpc) is 3.38. The predicted octanol–water partition coefficient (Wildman–Crippen LogP) is 14.4. The number of benzene rings is 8. The minimum absolute atomic E-state index is 0.147. The zero-order chi connectivity index (χ0) is 39.2. The average molecular weight is 756 g/mol. The Hall–Kier alpha value is -7.10. The van der Waals surface area contributed by atoms with E-state index in [1.165, 1.54) is 83.3 Å². The Balaban J connectivity index is 0.862. The molecule has 0 saturated carbocycles. The first-order valence-corrected chi connectivity index (χ1v) is 20.8. The van der Waals surface area contributed by atoms with Crippen LogP contribution in [0, 0.1) is 0 Å². The summed E-state index contributed by atoms with van der Waals surface area (Å²) in [7, 11) is 0. The van der Waals surface area contributed by atoms with Crippen LogP contribution in [0.15, 0.2) is 188 Å². The number of aromatic nitrogens is 2. The molecule has 1 aliphatic heterocycles. The van der Waals surface area contributed by atoms with Gasteiger partial charge in [0.25, 0.3) is 0 Å². The number of para-hydroxylation sites is 1. The molecular weight excluding hydrogens is 715 g/mol. The SMILES string of the molecule is CC1(C)c2cc(-c3ccc(N4c5ccccc5C5C=CC=CC4C5)cc3)ccc2-c2ccc(-c3cccc(-c4ccc5c6ccccc6c6nccnc6c5c4)c3)cc21. The van der Waals surface area contributed by atoms with E-state index in [0.29, 0.717) is 12.0 Å². The maximum atomic E-state index is 4.82. The summed E-state index contributed by atoms with van der Waals surface area (Å²) in [6.07, 6.45) is 13.8. The summed E-state index contributed by atoms with van der Waals surface area (Å²) in [4.78, 5) is 12.1. The van der Waals surface area contributed by atoms with E-state index >= 15 is 0 Å². The summed E-state index contributed by atoms with van der Waals surface area (Å²) in [6, 6.07) is 56.9. The molecule has 0 saturated heterocycles. The van der Waals surface area contributed by atoms with E-state index in [1.54, 1.807) is 12.4 Å². The third-order valence-electron chi connectivity index (χ3n) is 13.3. The molecule has 2 bridgehead atoms. The topological polar surface area (TPSA) is 29.0 Å². The molecule has 0 radical (unpaired) electrons. The fourth-order valence-corrected chi connectivity index (χ4v) is 10.4. The number of nitrogens with zero attached hydrogens (tertiary/aromatic N) is 3. The minimum atomic E-state index is -0.147. The van der Waals surface area contributed by atoms with Gasteiger partial charge in [-0.25, -0.2) is 0 Å². The van der Waals surface area contributed by atoms with E-state index in [9.17, 15) is 0 Å².